The Morgan fingerprint density at radius 2 is 1.74 bits per heavy atom. The highest BCUT2D eigenvalue weighted by atomic mass is 35.5. The van der Waals surface area contributed by atoms with Gasteiger partial charge in [-0.1, -0.05) is 11.6 Å². The van der Waals surface area contributed by atoms with E-state index in [1.165, 1.54) is 17.2 Å². The number of piperazine rings is 1. The van der Waals surface area contributed by atoms with E-state index < -0.39 is 75.1 Å². The van der Waals surface area contributed by atoms with E-state index in [0.29, 0.717) is 6.07 Å². The second-order valence-corrected chi connectivity index (χ2v) is 12.7. The minimum absolute atomic E-state index is 0.000724. The number of halogens is 7. The summed E-state index contributed by atoms with van der Waals surface area (Å²) in [6.45, 7) is 3.11. The number of pyridine rings is 1. The van der Waals surface area contributed by atoms with E-state index in [-0.39, 0.29) is 52.6 Å². The molecule has 1 N–H and O–H groups in total. The molecule has 0 spiro atoms. The summed E-state index contributed by atoms with van der Waals surface area (Å²) < 4.78 is 90.5. The maximum atomic E-state index is 15.4. The number of anilines is 1. The van der Waals surface area contributed by atoms with Crippen LogP contribution in [0.3, 0.4) is 0 Å². The number of carboxylic acid groups (broad SMARTS) is 1. The van der Waals surface area contributed by atoms with Crippen molar-refractivity contribution in [1.29, 1.82) is 0 Å². The zero-order valence-corrected chi connectivity index (χ0v) is 25.7. The fourth-order valence-corrected chi connectivity index (χ4v) is 7.92. The topological polar surface area (TPSA) is 91.6 Å². The van der Waals surface area contributed by atoms with Crippen LogP contribution in [0.5, 0.6) is 0 Å². The van der Waals surface area contributed by atoms with Gasteiger partial charge >= 0.3 is 18.0 Å². The average Bonchev–Trinajstić information content (AvgIpc) is 3.17. The molecule has 1 saturated heterocycles. The summed E-state index contributed by atoms with van der Waals surface area (Å²) >= 11 is 6.80. The number of carbonyl (C=O) groups is 1. The minimum atomic E-state index is -5.07. The minimum Gasteiger partial charge on any atom is -0.465 e. The van der Waals surface area contributed by atoms with Gasteiger partial charge in [-0.2, -0.15) is 18.2 Å². The number of rotatable bonds is 3. The number of hydrogen-bond donors (Lipinski definition) is 1. The summed E-state index contributed by atoms with van der Waals surface area (Å²) in [5, 5.41) is 8.97. The molecule has 0 saturated carbocycles. The van der Waals surface area contributed by atoms with E-state index in [9.17, 15) is 36.6 Å². The molecule has 2 aliphatic rings. The van der Waals surface area contributed by atoms with Gasteiger partial charge in [0.05, 0.1) is 34.4 Å². The zero-order chi connectivity index (χ0) is 33.2. The van der Waals surface area contributed by atoms with E-state index in [4.69, 9.17) is 11.6 Å². The van der Waals surface area contributed by atoms with Crippen LogP contribution >= 0.6 is 23.4 Å². The Labute approximate surface area is 266 Å². The molecule has 6 rings (SSSR count). The van der Waals surface area contributed by atoms with Gasteiger partial charge < -0.3 is 10.0 Å². The standard InChI is InChI=1S/C30H24ClF6N5O3S/c1-13-9-40(10-14(2)42(13)29(44)45)27-18-5-19(30(35,36)37)24(17-6-20(31)22(33)7-21(17)32)26-25(18)41(28(43)39-27)11-15(12-46-26)16-3-4-38-8-23(16)34/h3-8,13-15H,9-12H2,1-2H3,(H,44,45)/t13-,14+,15-/m0/s1. The molecule has 8 nitrogen and oxygen atoms in total. The van der Waals surface area contributed by atoms with Gasteiger partial charge in [0.25, 0.3) is 0 Å². The smallest absolute Gasteiger partial charge is 0.417 e. The molecular weight excluding hydrogens is 660 g/mol. The Kier molecular flexibility index (Phi) is 8.12. The number of amides is 1. The molecule has 0 bridgehead atoms. The Morgan fingerprint density at radius 3 is 2.37 bits per heavy atom. The van der Waals surface area contributed by atoms with Gasteiger partial charge in [0.2, 0.25) is 0 Å². The number of aromatic nitrogens is 3. The molecule has 4 aromatic rings. The van der Waals surface area contributed by atoms with Crippen LogP contribution in [0.2, 0.25) is 5.02 Å². The first kappa shape index (κ1) is 32.0. The molecule has 2 aromatic carbocycles. The summed E-state index contributed by atoms with van der Waals surface area (Å²) in [6.07, 6.45) is -3.91. The molecule has 242 valence electrons. The molecular formula is C30H24ClF6N5O3S. The number of benzene rings is 2. The van der Waals surface area contributed by atoms with Gasteiger partial charge in [-0.15, -0.1) is 11.8 Å². The fraction of sp³-hybridized carbons (Fsp3) is 0.333. The van der Waals surface area contributed by atoms with Crippen LogP contribution in [0.25, 0.3) is 22.0 Å². The summed E-state index contributed by atoms with van der Waals surface area (Å²) in [5.74, 6) is -4.03. The van der Waals surface area contributed by atoms with Crippen LogP contribution < -0.4 is 10.6 Å². The molecule has 3 atom stereocenters. The first-order chi connectivity index (χ1) is 21.7. The number of thioether (sulfide) groups is 1. The highest BCUT2D eigenvalue weighted by molar-refractivity contribution is 7.99. The highest BCUT2D eigenvalue weighted by Crippen LogP contribution is 2.50. The molecule has 0 unspecified atom stereocenters. The van der Waals surface area contributed by atoms with Gasteiger partial charge in [-0.3, -0.25) is 14.5 Å². The predicted molar refractivity (Wildman–Crippen MR) is 160 cm³/mol. The van der Waals surface area contributed by atoms with Crippen molar-refractivity contribution in [3.63, 3.8) is 0 Å². The van der Waals surface area contributed by atoms with Crippen LogP contribution in [0.15, 0.2) is 46.3 Å². The van der Waals surface area contributed by atoms with Gasteiger partial charge in [0.1, 0.15) is 23.3 Å². The van der Waals surface area contributed by atoms with E-state index in [2.05, 4.69) is 9.97 Å². The van der Waals surface area contributed by atoms with Crippen LogP contribution in [0.1, 0.15) is 30.9 Å². The molecule has 2 aromatic heterocycles. The molecule has 1 amide bonds. The van der Waals surface area contributed by atoms with Gasteiger partial charge in [0.15, 0.2) is 0 Å². The van der Waals surface area contributed by atoms with Crippen LogP contribution in [0.4, 0.5) is 37.0 Å². The SMILES string of the molecule is C[C@@H]1CN(c2nc(=O)n3c4c(c(-c5cc(Cl)c(F)cc5F)c(C(F)(F)F)cc24)SC[C@@H](c2ccncc2F)C3)C[C@H](C)N1C(=O)O. The monoisotopic (exact) mass is 683 g/mol. The highest BCUT2D eigenvalue weighted by Gasteiger charge is 2.41. The molecule has 1 fully saturated rings. The Hall–Kier alpha value is -3.98. The molecule has 0 aliphatic carbocycles. The van der Waals surface area contributed by atoms with Crippen molar-refractivity contribution in [3.05, 3.63) is 80.7 Å². The lowest BCUT2D eigenvalue weighted by Crippen LogP contribution is -2.58. The van der Waals surface area contributed by atoms with Crippen molar-refractivity contribution >= 4 is 46.2 Å². The van der Waals surface area contributed by atoms with Crippen molar-refractivity contribution in [2.45, 2.75) is 49.5 Å². The second kappa shape index (κ2) is 11.7. The summed E-state index contributed by atoms with van der Waals surface area (Å²) in [5.41, 5.74) is -3.25. The first-order valence-electron chi connectivity index (χ1n) is 14.0. The largest absolute Gasteiger partial charge is 0.465 e. The third kappa shape index (κ3) is 5.42. The van der Waals surface area contributed by atoms with Crippen molar-refractivity contribution in [3.8, 4) is 11.1 Å². The van der Waals surface area contributed by atoms with E-state index in [1.54, 1.807) is 18.7 Å². The normalized spacial score (nSPS) is 20.2. The van der Waals surface area contributed by atoms with Crippen molar-refractivity contribution in [2.24, 2.45) is 0 Å². The van der Waals surface area contributed by atoms with Crippen molar-refractivity contribution < 1.29 is 36.2 Å². The Balaban J connectivity index is 1.68. The van der Waals surface area contributed by atoms with Crippen LogP contribution in [0, 0.1) is 17.5 Å². The van der Waals surface area contributed by atoms with Crippen LogP contribution in [-0.2, 0) is 12.7 Å². The number of hydrogen-bond acceptors (Lipinski definition) is 6. The van der Waals surface area contributed by atoms with E-state index in [0.717, 1.165) is 34.7 Å². The lowest BCUT2D eigenvalue weighted by molar-refractivity contribution is -0.137. The third-order valence-electron chi connectivity index (χ3n) is 8.30. The van der Waals surface area contributed by atoms with Gasteiger partial charge in [-0.25, -0.2) is 22.8 Å². The Bertz CT molecular complexity index is 1950. The number of nitrogens with zero attached hydrogens (tertiary/aromatic N) is 5. The molecule has 46 heavy (non-hydrogen) atoms. The lowest BCUT2D eigenvalue weighted by Gasteiger charge is -2.43. The molecule has 4 heterocycles. The average molecular weight is 684 g/mol. The zero-order valence-electron chi connectivity index (χ0n) is 24.1. The Morgan fingerprint density at radius 1 is 1.04 bits per heavy atom. The maximum absolute atomic E-state index is 15.4. The van der Waals surface area contributed by atoms with Crippen molar-refractivity contribution in [1.82, 2.24) is 19.4 Å². The van der Waals surface area contributed by atoms with E-state index in [1.807, 2.05) is 0 Å². The maximum Gasteiger partial charge on any atom is 0.417 e. The van der Waals surface area contributed by atoms with Crippen LogP contribution in [-0.4, -0.2) is 61.6 Å². The fourth-order valence-electron chi connectivity index (χ4n) is 6.38. The first-order valence-corrected chi connectivity index (χ1v) is 15.4. The van der Waals surface area contributed by atoms with E-state index >= 15 is 4.39 Å². The van der Waals surface area contributed by atoms with Gasteiger partial charge in [-0.05, 0) is 37.6 Å². The summed E-state index contributed by atoms with van der Waals surface area (Å²) in [7, 11) is 0. The predicted octanol–water partition coefficient (Wildman–Crippen LogP) is 7.01. The molecule has 2 aliphatic heterocycles. The molecule has 16 heteroatoms. The van der Waals surface area contributed by atoms with Crippen molar-refractivity contribution in [2.75, 3.05) is 23.7 Å². The number of alkyl halides is 3. The lowest BCUT2D eigenvalue weighted by atomic mass is 9.95. The van der Waals surface area contributed by atoms with Gasteiger partial charge in [0, 0.05) is 65.0 Å². The quantitative estimate of drug-likeness (QED) is 0.183. The second-order valence-electron chi connectivity index (χ2n) is 11.3. The summed E-state index contributed by atoms with van der Waals surface area (Å²) in [6, 6.07) is 2.12. The summed E-state index contributed by atoms with van der Waals surface area (Å²) in [4.78, 5) is 36.2. The molecule has 0 radical (unpaired) electrons. The third-order valence-corrected chi connectivity index (χ3v) is 9.84.